The summed E-state index contributed by atoms with van der Waals surface area (Å²) in [5, 5.41) is 1.14. The van der Waals surface area contributed by atoms with Crippen LogP contribution in [-0.4, -0.2) is 31.3 Å². The summed E-state index contributed by atoms with van der Waals surface area (Å²) in [5.74, 6) is 0. The molecule has 2 aliphatic rings. The van der Waals surface area contributed by atoms with E-state index in [1.54, 1.807) is 11.3 Å². The maximum absolute atomic E-state index is 6.32. The number of nitrogens with zero attached hydrogens (tertiary/aromatic N) is 2. The molecule has 0 amide bonds. The first-order valence-electron chi connectivity index (χ1n) is 7.13. The smallest absolute Gasteiger partial charge is 0.185 e. The molecule has 1 aliphatic carbocycles. The van der Waals surface area contributed by atoms with Crippen LogP contribution >= 0.6 is 11.3 Å². The van der Waals surface area contributed by atoms with Gasteiger partial charge in [-0.15, -0.1) is 0 Å². The van der Waals surface area contributed by atoms with E-state index in [2.05, 4.69) is 18.7 Å². The van der Waals surface area contributed by atoms with Gasteiger partial charge in [0.05, 0.1) is 12.3 Å². The third-order valence-corrected chi connectivity index (χ3v) is 5.25. The zero-order valence-electron chi connectivity index (χ0n) is 11.8. The van der Waals surface area contributed by atoms with Crippen LogP contribution in [-0.2, 0) is 11.2 Å². The number of nitrogens with two attached hydrogens (primary N) is 1. The molecule has 1 unspecified atom stereocenters. The van der Waals surface area contributed by atoms with E-state index in [4.69, 9.17) is 15.5 Å². The quantitative estimate of drug-likeness (QED) is 0.858. The van der Waals surface area contributed by atoms with Gasteiger partial charge in [0.25, 0.3) is 0 Å². The molecule has 1 fully saturated rings. The van der Waals surface area contributed by atoms with Crippen LogP contribution in [0, 0.1) is 5.41 Å². The van der Waals surface area contributed by atoms with Gasteiger partial charge in [-0.2, -0.15) is 0 Å². The Labute approximate surface area is 119 Å². The third-order valence-electron chi connectivity index (χ3n) is 3.96. The summed E-state index contributed by atoms with van der Waals surface area (Å²) in [6.45, 7) is 8.25. The monoisotopic (exact) mass is 281 g/mol. The average Bonchev–Trinajstić information content (AvgIpc) is 2.58. The van der Waals surface area contributed by atoms with E-state index in [9.17, 15) is 0 Å². The molecule has 2 N–H and O–H groups in total. The van der Waals surface area contributed by atoms with Crippen molar-refractivity contribution < 1.29 is 4.74 Å². The Hall–Kier alpha value is -0.650. The lowest BCUT2D eigenvalue weighted by atomic mass is 9.77. The number of anilines is 1. The SMILES string of the molecule is CC1(C)Cc2nc(N3CCCOCC3)sc2C(N)C1. The van der Waals surface area contributed by atoms with Crippen molar-refractivity contribution in [1.29, 1.82) is 0 Å². The van der Waals surface area contributed by atoms with E-state index < -0.39 is 0 Å². The molecule has 1 atom stereocenters. The second kappa shape index (κ2) is 5.04. The van der Waals surface area contributed by atoms with E-state index >= 15 is 0 Å². The molecule has 1 aliphatic heterocycles. The normalized spacial score (nSPS) is 26.9. The second-order valence-electron chi connectivity index (χ2n) is 6.41. The maximum atomic E-state index is 6.32. The Balaban J connectivity index is 1.85. The summed E-state index contributed by atoms with van der Waals surface area (Å²) in [4.78, 5) is 8.53. The van der Waals surface area contributed by atoms with Gasteiger partial charge in [-0.1, -0.05) is 25.2 Å². The van der Waals surface area contributed by atoms with Crippen molar-refractivity contribution in [3.8, 4) is 0 Å². The second-order valence-corrected chi connectivity index (χ2v) is 7.42. The van der Waals surface area contributed by atoms with Gasteiger partial charge < -0.3 is 15.4 Å². The van der Waals surface area contributed by atoms with Crippen molar-refractivity contribution in [2.24, 2.45) is 11.1 Å². The van der Waals surface area contributed by atoms with Gasteiger partial charge in [-0.3, -0.25) is 0 Å². The molecule has 4 nitrogen and oxygen atoms in total. The number of thiazole rings is 1. The Bertz CT molecular complexity index is 450. The van der Waals surface area contributed by atoms with Crippen LogP contribution in [0.25, 0.3) is 0 Å². The van der Waals surface area contributed by atoms with E-state index in [0.29, 0.717) is 0 Å². The van der Waals surface area contributed by atoms with E-state index in [1.165, 1.54) is 10.6 Å². The molecule has 2 heterocycles. The van der Waals surface area contributed by atoms with Crippen molar-refractivity contribution in [1.82, 2.24) is 4.98 Å². The third kappa shape index (κ3) is 2.78. The molecule has 1 aromatic heterocycles. The molecule has 1 aromatic rings. The molecule has 0 bridgehead atoms. The molecule has 106 valence electrons. The van der Waals surface area contributed by atoms with Gasteiger partial charge in [0.2, 0.25) is 0 Å². The van der Waals surface area contributed by atoms with Crippen LogP contribution in [0.3, 0.4) is 0 Å². The number of rotatable bonds is 1. The molecule has 0 aromatic carbocycles. The minimum Gasteiger partial charge on any atom is -0.380 e. The molecular formula is C14H23N3OS. The van der Waals surface area contributed by atoms with Crippen molar-refractivity contribution in [3.63, 3.8) is 0 Å². The number of aromatic nitrogens is 1. The van der Waals surface area contributed by atoms with Gasteiger partial charge in [0.1, 0.15) is 0 Å². The van der Waals surface area contributed by atoms with Crippen molar-refractivity contribution in [2.75, 3.05) is 31.2 Å². The Morgan fingerprint density at radius 2 is 2.21 bits per heavy atom. The van der Waals surface area contributed by atoms with Gasteiger partial charge in [0.15, 0.2) is 5.13 Å². The lowest BCUT2D eigenvalue weighted by Crippen LogP contribution is -2.29. The van der Waals surface area contributed by atoms with Crippen LogP contribution in [0.1, 0.15) is 43.3 Å². The Morgan fingerprint density at radius 1 is 1.37 bits per heavy atom. The number of fused-ring (bicyclic) bond motifs is 1. The van der Waals surface area contributed by atoms with Crippen LogP contribution in [0.2, 0.25) is 0 Å². The summed E-state index contributed by atoms with van der Waals surface area (Å²) in [6.07, 6.45) is 3.20. The average molecular weight is 281 g/mol. The van der Waals surface area contributed by atoms with E-state index in [0.717, 1.165) is 50.7 Å². The Morgan fingerprint density at radius 3 is 3.05 bits per heavy atom. The predicted molar refractivity (Wildman–Crippen MR) is 78.8 cm³/mol. The highest BCUT2D eigenvalue weighted by molar-refractivity contribution is 7.15. The molecule has 5 heteroatoms. The van der Waals surface area contributed by atoms with Gasteiger partial charge in [-0.25, -0.2) is 4.98 Å². The highest BCUT2D eigenvalue weighted by Crippen LogP contribution is 2.43. The van der Waals surface area contributed by atoms with Crippen LogP contribution in [0.4, 0.5) is 5.13 Å². The lowest BCUT2D eigenvalue weighted by Gasteiger charge is -2.32. The molecule has 0 radical (unpaired) electrons. The predicted octanol–water partition coefficient (Wildman–Crippen LogP) is 2.34. The van der Waals surface area contributed by atoms with E-state index in [1.807, 2.05) is 0 Å². The summed E-state index contributed by atoms with van der Waals surface area (Å²) in [7, 11) is 0. The molecule has 0 saturated carbocycles. The maximum Gasteiger partial charge on any atom is 0.185 e. The highest BCUT2D eigenvalue weighted by atomic mass is 32.1. The van der Waals surface area contributed by atoms with Crippen LogP contribution in [0.15, 0.2) is 0 Å². The van der Waals surface area contributed by atoms with Crippen LogP contribution in [0.5, 0.6) is 0 Å². The first-order valence-corrected chi connectivity index (χ1v) is 7.95. The minimum absolute atomic E-state index is 0.160. The van der Waals surface area contributed by atoms with Crippen molar-refractivity contribution >= 4 is 16.5 Å². The molecule has 0 spiro atoms. The minimum atomic E-state index is 0.160. The number of hydrogen-bond acceptors (Lipinski definition) is 5. The largest absolute Gasteiger partial charge is 0.380 e. The van der Waals surface area contributed by atoms with Gasteiger partial charge >= 0.3 is 0 Å². The molecule has 19 heavy (non-hydrogen) atoms. The lowest BCUT2D eigenvalue weighted by molar-refractivity contribution is 0.152. The topological polar surface area (TPSA) is 51.4 Å². The Kier molecular flexibility index (Phi) is 3.53. The zero-order valence-corrected chi connectivity index (χ0v) is 12.6. The summed E-state index contributed by atoms with van der Waals surface area (Å²) in [5.41, 5.74) is 7.83. The number of hydrogen-bond donors (Lipinski definition) is 1. The summed E-state index contributed by atoms with van der Waals surface area (Å²) >= 11 is 1.79. The van der Waals surface area contributed by atoms with Crippen molar-refractivity contribution in [2.45, 2.75) is 39.2 Å². The molecule has 3 rings (SSSR count). The first-order chi connectivity index (χ1) is 9.05. The fourth-order valence-electron chi connectivity index (χ4n) is 3.05. The highest BCUT2D eigenvalue weighted by Gasteiger charge is 2.33. The van der Waals surface area contributed by atoms with Gasteiger partial charge in [0, 0.05) is 30.6 Å². The van der Waals surface area contributed by atoms with Gasteiger partial charge in [-0.05, 0) is 24.7 Å². The zero-order chi connectivity index (χ0) is 13.5. The van der Waals surface area contributed by atoms with Crippen LogP contribution < -0.4 is 10.6 Å². The van der Waals surface area contributed by atoms with Crippen molar-refractivity contribution in [3.05, 3.63) is 10.6 Å². The first kappa shape index (κ1) is 13.3. The molecular weight excluding hydrogens is 258 g/mol. The summed E-state index contributed by atoms with van der Waals surface area (Å²) < 4.78 is 5.51. The van der Waals surface area contributed by atoms with E-state index in [-0.39, 0.29) is 11.5 Å². The standard InChI is InChI=1S/C14H23N3OS/c1-14(2)8-10(15)12-11(9-14)16-13(19-12)17-4-3-6-18-7-5-17/h10H,3-9,15H2,1-2H3. The fourth-order valence-corrected chi connectivity index (χ4v) is 4.19. The fraction of sp³-hybridized carbons (Fsp3) is 0.786. The summed E-state index contributed by atoms with van der Waals surface area (Å²) in [6, 6.07) is 0.160. The number of ether oxygens (including phenoxy) is 1. The molecule has 1 saturated heterocycles.